The molecule has 4 heteroatoms. The molecule has 6 aromatic carbocycles. The average molecular weight is 669 g/mol. The molecular weight excluding hydrogens is 629 g/mol. The first kappa shape index (κ1) is 30.4. The zero-order valence-corrected chi connectivity index (χ0v) is 29.5. The predicted octanol–water partition coefficient (Wildman–Crippen LogP) is 10.2. The Bertz CT molecular complexity index is 2140. The maximum atomic E-state index is 6.11. The van der Waals surface area contributed by atoms with E-state index in [0.717, 1.165) is 48.7 Å². The van der Waals surface area contributed by atoms with Gasteiger partial charge in [-0.1, -0.05) is 97.1 Å². The summed E-state index contributed by atoms with van der Waals surface area (Å²) in [6.45, 7) is 0. The number of ether oxygens (including phenoxy) is 4. The van der Waals surface area contributed by atoms with E-state index in [9.17, 15) is 0 Å². The Morgan fingerprint density at radius 1 is 0.333 bits per heavy atom. The molecule has 0 aliphatic heterocycles. The monoisotopic (exact) mass is 668 g/mol. The first-order chi connectivity index (χ1) is 25.1. The van der Waals surface area contributed by atoms with Gasteiger partial charge in [-0.2, -0.15) is 0 Å². The first-order valence-electron chi connectivity index (χ1n) is 18.0. The van der Waals surface area contributed by atoms with Crippen molar-refractivity contribution < 1.29 is 18.9 Å². The van der Waals surface area contributed by atoms with Crippen LogP contribution in [0.5, 0.6) is 23.0 Å². The molecule has 4 aliphatic rings. The summed E-state index contributed by atoms with van der Waals surface area (Å²) >= 11 is 0. The summed E-state index contributed by atoms with van der Waals surface area (Å²) in [4.78, 5) is 0. The minimum atomic E-state index is -0.328. The van der Waals surface area contributed by atoms with Crippen LogP contribution in [0.3, 0.4) is 0 Å². The van der Waals surface area contributed by atoms with Gasteiger partial charge >= 0.3 is 0 Å². The molecule has 0 fully saturated rings. The molecule has 0 radical (unpaired) electrons. The molecule has 0 saturated heterocycles. The lowest BCUT2D eigenvalue weighted by Gasteiger charge is -2.54. The molecule has 3 spiro atoms. The normalized spacial score (nSPS) is 19.1. The van der Waals surface area contributed by atoms with Crippen molar-refractivity contribution >= 4 is 0 Å². The minimum Gasteiger partial charge on any atom is -0.493 e. The van der Waals surface area contributed by atoms with E-state index in [1.165, 1.54) is 66.8 Å². The van der Waals surface area contributed by atoms with Crippen LogP contribution in [-0.4, -0.2) is 28.4 Å². The van der Waals surface area contributed by atoms with Crippen LogP contribution in [0.1, 0.15) is 70.2 Å². The fraction of sp³-hybridized carbons (Fsp3) is 0.234. The lowest BCUT2D eigenvalue weighted by atomic mass is 9.49. The summed E-state index contributed by atoms with van der Waals surface area (Å²) in [6, 6.07) is 45.2. The zero-order valence-electron chi connectivity index (χ0n) is 29.5. The second-order valence-corrected chi connectivity index (χ2v) is 14.6. The molecule has 6 aromatic rings. The first-order valence-corrected chi connectivity index (χ1v) is 18.0. The number of hydrogen-bond acceptors (Lipinski definition) is 4. The molecular formula is C47H40O4. The van der Waals surface area contributed by atoms with Gasteiger partial charge in [-0.25, -0.2) is 0 Å². The quantitative estimate of drug-likeness (QED) is 0.187. The molecule has 51 heavy (non-hydrogen) atoms. The van der Waals surface area contributed by atoms with Crippen LogP contribution in [0.15, 0.2) is 121 Å². The summed E-state index contributed by atoms with van der Waals surface area (Å²) < 4.78 is 24.4. The van der Waals surface area contributed by atoms with E-state index in [4.69, 9.17) is 18.9 Å². The van der Waals surface area contributed by atoms with Crippen LogP contribution in [-0.2, 0) is 16.2 Å². The molecule has 4 nitrogen and oxygen atoms in total. The summed E-state index contributed by atoms with van der Waals surface area (Å²) in [7, 11) is 7.00. The number of hydrogen-bond donors (Lipinski definition) is 0. The minimum absolute atomic E-state index is 0.320. The van der Waals surface area contributed by atoms with Crippen LogP contribution in [0.2, 0.25) is 0 Å². The van der Waals surface area contributed by atoms with Crippen LogP contribution < -0.4 is 18.9 Å². The Morgan fingerprint density at radius 2 is 0.608 bits per heavy atom. The van der Waals surface area contributed by atoms with Gasteiger partial charge < -0.3 is 18.9 Å². The Kier molecular flexibility index (Phi) is 6.40. The van der Waals surface area contributed by atoms with Crippen molar-refractivity contribution in [3.63, 3.8) is 0 Å². The maximum Gasteiger partial charge on any atom is 0.161 e. The fourth-order valence-electron chi connectivity index (χ4n) is 10.9. The number of methoxy groups -OCH3 is 4. The summed E-state index contributed by atoms with van der Waals surface area (Å²) in [5, 5.41) is 0. The zero-order chi connectivity index (χ0) is 34.5. The Hall–Kier alpha value is -5.48. The van der Waals surface area contributed by atoms with Gasteiger partial charge in [-0.15, -0.1) is 0 Å². The number of rotatable bonds is 4. The number of fused-ring (bicyclic) bond motifs is 16. The summed E-state index contributed by atoms with van der Waals surface area (Å²) in [5.74, 6) is 3.03. The van der Waals surface area contributed by atoms with Crippen LogP contribution in [0.25, 0.3) is 22.3 Å². The van der Waals surface area contributed by atoms with Crippen molar-refractivity contribution in [2.75, 3.05) is 28.4 Å². The molecule has 0 aromatic heterocycles. The van der Waals surface area contributed by atoms with Gasteiger partial charge in [0.05, 0.1) is 28.4 Å². The lowest BCUT2D eigenvalue weighted by molar-refractivity contribution is 0.289. The van der Waals surface area contributed by atoms with Crippen molar-refractivity contribution in [2.45, 2.75) is 41.9 Å². The van der Waals surface area contributed by atoms with Gasteiger partial charge in [0.2, 0.25) is 0 Å². The van der Waals surface area contributed by atoms with E-state index in [1.54, 1.807) is 28.4 Å². The molecule has 0 heterocycles. The molecule has 0 amide bonds. The van der Waals surface area contributed by atoms with Crippen molar-refractivity contribution in [1.82, 2.24) is 0 Å². The lowest BCUT2D eigenvalue weighted by Crippen LogP contribution is -2.47. The smallest absolute Gasteiger partial charge is 0.161 e. The van der Waals surface area contributed by atoms with E-state index in [1.807, 2.05) is 0 Å². The highest BCUT2D eigenvalue weighted by Crippen LogP contribution is 2.68. The predicted molar refractivity (Wildman–Crippen MR) is 202 cm³/mol. The second-order valence-electron chi connectivity index (χ2n) is 14.6. The van der Waals surface area contributed by atoms with E-state index in [-0.39, 0.29) is 16.2 Å². The van der Waals surface area contributed by atoms with E-state index in [0.29, 0.717) is 0 Å². The Morgan fingerprint density at radius 3 is 0.902 bits per heavy atom. The molecule has 10 rings (SSSR count). The van der Waals surface area contributed by atoms with Crippen LogP contribution in [0.4, 0.5) is 0 Å². The van der Waals surface area contributed by atoms with Gasteiger partial charge in [0.1, 0.15) is 0 Å². The third-order valence-corrected chi connectivity index (χ3v) is 13.0. The highest BCUT2D eigenvalue weighted by Gasteiger charge is 2.59. The maximum absolute atomic E-state index is 6.11. The van der Waals surface area contributed by atoms with Crippen molar-refractivity contribution in [2.24, 2.45) is 0 Å². The third kappa shape index (κ3) is 3.65. The molecule has 0 N–H and O–H groups in total. The second kappa shape index (κ2) is 10.8. The van der Waals surface area contributed by atoms with Gasteiger partial charge in [-0.05, 0) is 117 Å². The van der Waals surface area contributed by atoms with E-state index >= 15 is 0 Å². The van der Waals surface area contributed by atoms with Crippen molar-refractivity contribution in [3.05, 3.63) is 166 Å². The Labute approximate surface area is 299 Å². The molecule has 0 atom stereocenters. The van der Waals surface area contributed by atoms with E-state index < -0.39 is 0 Å². The van der Waals surface area contributed by atoms with Crippen LogP contribution >= 0.6 is 0 Å². The molecule has 0 saturated carbocycles. The molecule has 4 aliphatic carbocycles. The number of benzene rings is 6. The van der Waals surface area contributed by atoms with Crippen molar-refractivity contribution in [3.8, 4) is 45.3 Å². The van der Waals surface area contributed by atoms with Crippen LogP contribution in [0, 0.1) is 0 Å². The van der Waals surface area contributed by atoms with E-state index in [2.05, 4.69) is 121 Å². The van der Waals surface area contributed by atoms with Gasteiger partial charge in [0.15, 0.2) is 23.0 Å². The molecule has 0 bridgehead atoms. The topological polar surface area (TPSA) is 36.9 Å². The Balaban J connectivity index is 1.32. The van der Waals surface area contributed by atoms with Gasteiger partial charge in [-0.3, -0.25) is 0 Å². The highest BCUT2D eigenvalue weighted by molar-refractivity contribution is 5.87. The molecule has 0 unspecified atom stereocenters. The SMILES string of the molecule is COc1cc2c(cc1OC)C1(CCC23CCC2(c4ccccc4-c4ccccc42)c2cc(OC)c(OC)cc23)c2ccccc2-c2ccccc21. The average Bonchev–Trinajstić information content (AvgIpc) is 3.64. The van der Waals surface area contributed by atoms with Crippen molar-refractivity contribution in [1.29, 1.82) is 0 Å². The standard InChI is InChI=1S/C47H40O4/c1-48-41-25-37-39(27-43(41)50-3)46(33-17-9-5-13-29(33)30-14-6-10-18-34(30)46)23-21-45(37)22-24-47(40-28-44(51-4)42(49-2)26-38(40)45)35-19-11-7-15-31(35)32-16-8-12-20-36(32)47/h5-20,25-28H,21-24H2,1-4H3. The fourth-order valence-corrected chi connectivity index (χ4v) is 10.9. The summed E-state index contributed by atoms with van der Waals surface area (Å²) in [6.07, 6.45) is 3.83. The highest BCUT2D eigenvalue weighted by atomic mass is 16.5. The molecule has 252 valence electrons. The third-order valence-electron chi connectivity index (χ3n) is 13.0. The van der Waals surface area contributed by atoms with Gasteiger partial charge in [0.25, 0.3) is 0 Å². The summed E-state index contributed by atoms with van der Waals surface area (Å²) in [5.41, 5.74) is 15.0. The largest absolute Gasteiger partial charge is 0.493 e. The van der Waals surface area contributed by atoms with Gasteiger partial charge in [0, 0.05) is 16.2 Å².